The molecule has 0 bridgehead atoms. The van der Waals surface area contributed by atoms with Crippen LogP contribution >= 0.6 is 0 Å². The Kier molecular flexibility index (Phi) is 3.13. The molecular weight excluding hydrogens is 210 g/mol. The predicted molar refractivity (Wildman–Crippen MR) is 48.2 cm³/mol. The van der Waals surface area contributed by atoms with E-state index in [-0.39, 0.29) is 18.7 Å². The topological polar surface area (TPSA) is 94.9 Å². The van der Waals surface area contributed by atoms with Crippen molar-refractivity contribution < 1.29 is 23.4 Å². The third-order valence-corrected chi connectivity index (χ3v) is 4.09. The van der Waals surface area contributed by atoms with Gasteiger partial charge in [-0.15, -0.1) is 0 Å². The number of carbonyl (C=O) groups is 1. The van der Waals surface area contributed by atoms with Crippen molar-refractivity contribution >= 4 is 16.0 Å². The van der Waals surface area contributed by atoms with Gasteiger partial charge in [-0.2, -0.15) is 4.31 Å². The van der Waals surface area contributed by atoms with Gasteiger partial charge in [0.05, 0.1) is 11.9 Å². The first-order chi connectivity index (χ1) is 6.38. The van der Waals surface area contributed by atoms with Crippen LogP contribution in [0.4, 0.5) is 0 Å². The van der Waals surface area contributed by atoms with E-state index in [0.29, 0.717) is 0 Å². The van der Waals surface area contributed by atoms with Crippen LogP contribution in [0.5, 0.6) is 0 Å². The van der Waals surface area contributed by atoms with Crippen molar-refractivity contribution in [3.63, 3.8) is 0 Å². The Morgan fingerprint density at radius 3 is 2.57 bits per heavy atom. The monoisotopic (exact) mass is 223 g/mol. The van der Waals surface area contributed by atoms with Gasteiger partial charge in [-0.25, -0.2) is 8.42 Å². The molecule has 0 radical (unpaired) electrons. The molecule has 7 heteroatoms. The molecular formula is C7H13NO5S. The minimum atomic E-state index is -3.53. The lowest BCUT2D eigenvalue weighted by Gasteiger charge is -2.19. The lowest BCUT2D eigenvalue weighted by Crippen LogP contribution is -2.41. The van der Waals surface area contributed by atoms with Crippen molar-refractivity contribution in [3.05, 3.63) is 0 Å². The van der Waals surface area contributed by atoms with Gasteiger partial charge in [-0.05, 0) is 6.92 Å². The molecule has 0 unspecified atom stereocenters. The molecule has 2 N–H and O–H groups in total. The fraction of sp³-hybridized carbons (Fsp3) is 0.857. The molecule has 1 rings (SSSR count). The van der Waals surface area contributed by atoms with Crippen LogP contribution in [0.3, 0.4) is 0 Å². The SMILES string of the molecule is CCS(=O)(=O)N1C[C@H](O)C[C@H]1C(=O)O. The maximum absolute atomic E-state index is 11.4. The summed E-state index contributed by atoms with van der Waals surface area (Å²) in [5.41, 5.74) is 0. The molecule has 0 amide bonds. The van der Waals surface area contributed by atoms with Crippen molar-refractivity contribution in [2.75, 3.05) is 12.3 Å². The lowest BCUT2D eigenvalue weighted by molar-refractivity contribution is -0.140. The van der Waals surface area contributed by atoms with Crippen molar-refractivity contribution in [3.8, 4) is 0 Å². The van der Waals surface area contributed by atoms with Crippen LogP contribution in [0.2, 0.25) is 0 Å². The van der Waals surface area contributed by atoms with E-state index in [9.17, 15) is 18.3 Å². The summed E-state index contributed by atoms with van der Waals surface area (Å²) in [7, 11) is -3.53. The Hall–Kier alpha value is -0.660. The molecule has 1 heterocycles. The van der Waals surface area contributed by atoms with E-state index in [0.717, 1.165) is 4.31 Å². The van der Waals surface area contributed by atoms with Crippen LogP contribution in [0.15, 0.2) is 0 Å². The molecule has 0 aromatic rings. The van der Waals surface area contributed by atoms with E-state index in [4.69, 9.17) is 5.11 Å². The van der Waals surface area contributed by atoms with E-state index in [2.05, 4.69) is 0 Å². The van der Waals surface area contributed by atoms with Gasteiger partial charge in [0.15, 0.2) is 0 Å². The number of hydrogen-bond donors (Lipinski definition) is 2. The van der Waals surface area contributed by atoms with Gasteiger partial charge in [0, 0.05) is 13.0 Å². The summed E-state index contributed by atoms with van der Waals surface area (Å²) < 4.78 is 23.7. The second-order valence-corrected chi connectivity index (χ2v) is 5.42. The lowest BCUT2D eigenvalue weighted by atomic mass is 10.2. The molecule has 1 fully saturated rings. The average molecular weight is 223 g/mol. The smallest absolute Gasteiger partial charge is 0.322 e. The summed E-state index contributed by atoms with van der Waals surface area (Å²) in [6.45, 7) is 1.33. The highest BCUT2D eigenvalue weighted by atomic mass is 32.2. The highest BCUT2D eigenvalue weighted by molar-refractivity contribution is 7.89. The Labute approximate surface area is 82.2 Å². The maximum atomic E-state index is 11.4. The van der Waals surface area contributed by atoms with Crippen LogP contribution in [0.1, 0.15) is 13.3 Å². The molecule has 1 saturated heterocycles. The summed E-state index contributed by atoms with van der Waals surface area (Å²) in [6, 6.07) is -1.12. The molecule has 0 aromatic heterocycles. The molecule has 1 aliphatic heterocycles. The van der Waals surface area contributed by atoms with Gasteiger partial charge in [0.25, 0.3) is 0 Å². The Balaban J connectivity index is 2.93. The number of carboxylic acids is 1. The Bertz CT molecular complexity index is 325. The van der Waals surface area contributed by atoms with Crippen LogP contribution < -0.4 is 0 Å². The normalized spacial score (nSPS) is 29.3. The predicted octanol–water partition coefficient (Wildman–Crippen LogP) is -1.14. The van der Waals surface area contributed by atoms with E-state index in [1.54, 1.807) is 0 Å². The van der Waals surface area contributed by atoms with Crippen LogP contribution in [-0.4, -0.2) is 53.3 Å². The molecule has 2 atom stereocenters. The summed E-state index contributed by atoms with van der Waals surface area (Å²) >= 11 is 0. The minimum Gasteiger partial charge on any atom is -0.480 e. The zero-order valence-electron chi connectivity index (χ0n) is 7.75. The average Bonchev–Trinajstić information content (AvgIpc) is 2.48. The third-order valence-electron chi connectivity index (χ3n) is 2.24. The molecule has 0 aliphatic carbocycles. The summed E-state index contributed by atoms with van der Waals surface area (Å²) in [6.07, 6.45) is -0.911. The molecule has 0 spiro atoms. The number of carboxylic acid groups (broad SMARTS) is 1. The quantitative estimate of drug-likeness (QED) is 0.630. The van der Waals surface area contributed by atoms with Gasteiger partial charge in [0.2, 0.25) is 10.0 Å². The van der Waals surface area contributed by atoms with Crippen LogP contribution in [0, 0.1) is 0 Å². The number of aliphatic carboxylic acids is 1. The number of aliphatic hydroxyl groups excluding tert-OH is 1. The highest BCUT2D eigenvalue weighted by Crippen LogP contribution is 2.21. The second-order valence-electron chi connectivity index (χ2n) is 3.21. The highest BCUT2D eigenvalue weighted by Gasteiger charge is 2.41. The van der Waals surface area contributed by atoms with E-state index in [1.807, 2.05) is 0 Å². The van der Waals surface area contributed by atoms with E-state index < -0.39 is 28.1 Å². The molecule has 0 saturated carbocycles. The summed E-state index contributed by atoms with van der Waals surface area (Å²) in [4.78, 5) is 10.7. The van der Waals surface area contributed by atoms with Crippen molar-refractivity contribution in [2.24, 2.45) is 0 Å². The standard InChI is InChI=1S/C7H13NO5S/c1-2-14(12,13)8-4-5(9)3-6(8)7(10)11/h5-6,9H,2-4H2,1H3,(H,10,11)/t5-,6+/m1/s1. The number of sulfonamides is 1. The summed E-state index contributed by atoms with van der Waals surface area (Å²) in [5.74, 6) is -1.36. The van der Waals surface area contributed by atoms with E-state index in [1.165, 1.54) is 6.92 Å². The number of nitrogens with zero attached hydrogens (tertiary/aromatic N) is 1. The fourth-order valence-electron chi connectivity index (χ4n) is 1.48. The zero-order valence-corrected chi connectivity index (χ0v) is 8.57. The number of rotatable bonds is 3. The fourth-order valence-corrected chi connectivity index (χ4v) is 2.78. The van der Waals surface area contributed by atoms with Gasteiger partial charge < -0.3 is 10.2 Å². The largest absolute Gasteiger partial charge is 0.480 e. The van der Waals surface area contributed by atoms with Gasteiger partial charge in [-0.3, -0.25) is 4.79 Å². The molecule has 14 heavy (non-hydrogen) atoms. The van der Waals surface area contributed by atoms with Crippen LogP contribution in [0.25, 0.3) is 0 Å². The van der Waals surface area contributed by atoms with Gasteiger partial charge >= 0.3 is 5.97 Å². The molecule has 1 aliphatic rings. The molecule has 6 nitrogen and oxygen atoms in total. The Morgan fingerprint density at radius 1 is 1.57 bits per heavy atom. The van der Waals surface area contributed by atoms with Gasteiger partial charge in [0.1, 0.15) is 6.04 Å². The van der Waals surface area contributed by atoms with Crippen molar-refractivity contribution in [1.82, 2.24) is 4.31 Å². The summed E-state index contributed by atoms with van der Waals surface area (Å²) in [5, 5.41) is 18.0. The van der Waals surface area contributed by atoms with Crippen molar-refractivity contribution in [2.45, 2.75) is 25.5 Å². The second kappa shape index (κ2) is 3.84. The number of β-amino-alcohol motifs (C(OH)–C–C–N with tert-alkyl or cyclic N) is 1. The van der Waals surface area contributed by atoms with Crippen LogP contribution in [-0.2, 0) is 14.8 Å². The number of aliphatic hydroxyl groups is 1. The first-order valence-corrected chi connectivity index (χ1v) is 5.89. The Morgan fingerprint density at radius 2 is 2.14 bits per heavy atom. The van der Waals surface area contributed by atoms with Gasteiger partial charge in [-0.1, -0.05) is 0 Å². The van der Waals surface area contributed by atoms with E-state index >= 15 is 0 Å². The maximum Gasteiger partial charge on any atom is 0.322 e. The minimum absolute atomic E-state index is 0.0332. The van der Waals surface area contributed by atoms with Crippen molar-refractivity contribution in [1.29, 1.82) is 0 Å². The first-order valence-electron chi connectivity index (χ1n) is 4.29. The third kappa shape index (κ3) is 2.05. The molecule has 82 valence electrons. The molecule has 0 aromatic carbocycles. The number of hydrogen-bond acceptors (Lipinski definition) is 4. The first kappa shape index (κ1) is 11.4. The zero-order chi connectivity index (χ0) is 10.9.